The van der Waals surface area contributed by atoms with Gasteiger partial charge in [0, 0.05) is 51.0 Å². The standard InChI is InChI=1S/C21H26N4O5S/c1-30-18-6-4-17(5-7-18)22-12-14-23(15-13-22)20-9-8-19(16-21(20)25(26)27)31(28,29)24-10-2-3-11-24/h4-9,16H,2-3,10-15H2,1H3. The van der Waals surface area contributed by atoms with Gasteiger partial charge >= 0.3 is 0 Å². The highest BCUT2D eigenvalue weighted by Gasteiger charge is 2.31. The molecule has 2 fully saturated rings. The number of anilines is 2. The fourth-order valence-electron chi connectivity index (χ4n) is 4.15. The van der Waals surface area contributed by atoms with E-state index in [0.717, 1.165) is 24.3 Å². The molecule has 0 atom stereocenters. The summed E-state index contributed by atoms with van der Waals surface area (Å²) in [6, 6.07) is 12.1. The van der Waals surface area contributed by atoms with Crippen LogP contribution in [0, 0.1) is 10.1 Å². The molecule has 0 aromatic heterocycles. The molecule has 0 aliphatic carbocycles. The molecule has 2 aromatic rings. The number of methoxy groups -OCH3 is 1. The molecule has 0 bridgehead atoms. The highest BCUT2D eigenvalue weighted by atomic mass is 32.2. The van der Waals surface area contributed by atoms with Crippen LogP contribution >= 0.6 is 0 Å². The van der Waals surface area contributed by atoms with Crippen LogP contribution in [0.1, 0.15) is 12.8 Å². The molecule has 0 N–H and O–H groups in total. The number of piperazine rings is 1. The van der Waals surface area contributed by atoms with Gasteiger partial charge in [-0.15, -0.1) is 0 Å². The van der Waals surface area contributed by atoms with Crippen LogP contribution in [-0.2, 0) is 10.0 Å². The first-order valence-electron chi connectivity index (χ1n) is 10.3. The van der Waals surface area contributed by atoms with E-state index in [2.05, 4.69) is 4.90 Å². The molecule has 166 valence electrons. The molecule has 0 saturated carbocycles. The lowest BCUT2D eigenvalue weighted by atomic mass is 10.2. The molecule has 2 aliphatic heterocycles. The van der Waals surface area contributed by atoms with Crippen LogP contribution in [0.25, 0.3) is 0 Å². The molecule has 0 amide bonds. The second-order valence-corrected chi connectivity index (χ2v) is 9.63. The van der Waals surface area contributed by atoms with Gasteiger partial charge in [-0.3, -0.25) is 10.1 Å². The minimum Gasteiger partial charge on any atom is -0.497 e. The minimum atomic E-state index is -3.70. The Bertz CT molecular complexity index is 1040. The van der Waals surface area contributed by atoms with Gasteiger partial charge in [-0.1, -0.05) is 0 Å². The summed E-state index contributed by atoms with van der Waals surface area (Å²) in [6.07, 6.45) is 1.63. The Morgan fingerprint density at radius 1 is 0.903 bits per heavy atom. The van der Waals surface area contributed by atoms with Crippen LogP contribution in [0.5, 0.6) is 5.75 Å². The van der Waals surface area contributed by atoms with Crippen molar-refractivity contribution in [1.82, 2.24) is 4.31 Å². The van der Waals surface area contributed by atoms with Gasteiger partial charge < -0.3 is 14.5 Å². The second kappa shape index (κ2) is 8.72. The molecular weight excluding hydrogens is 420 g/mol. The van der Waals surface area contributed by atoms with Gasteiger partial charge in [-0.2, -0.15) is 4.31 Å². The third-order valence-electron chi connectivity index (χ3n) is 5.90. The van der Waals surface area contributed by atoms with E-state index >= 15 is 0 Å². The quantitative estimate of drug-likeness (QED) is 0.497. The van der Waals surface area contributed by atoms with Crippen molar-refractivity contribution >= 4 is 27.1 Å². The number of hydrogen-bond acceptors (Lipinski definition) is 7. The van der Waals surface area contributed by atoms with E-state index < -0.39 is 14.9 Å². The van der Waals surface area contributed by atoms with Crippen molar-refractivity contribution in [3.8, 4) is 5.75 Å². The number of nitro groups is 1. The summed E-state index contributed by atoms with van der Waals surface area (Å²) < 4.78 is 32.2. The molecule has 9 nitrogen and oxygen atoms in total. The SMILES string of the molecule is COc1ccc(N2CCN(c3ccc(S(=O)(=O)N4CCCC4)cc3[N+](=O)[O-])CC2)cc1. The zero-order chi connectivity index (χ0) is 22.0. The molecule has 0 spiro atoms. The summed E-state index contributed by atoms with van der Waals surface area (Å²) in [6.45, 7) is 3.54. The highest BCUT2D eigenvalue weighted by Crippen LogP contribution is 2.33. The third kappa shape index (κ3) is 4.31. The van der Waals surface area contributed by atoms with Gasteiger partial charge in [0.2, 0.25) is 10.0 Å². The normalized spacial score (nSPS) is 17.7. The smallest absolute Gasteiger partial charge is 0.293 e. The summed E-state index contributed by atoms with van der Waals surface area (Å²) in [5.41, 5.74) is 1.36. The van der Waals surface area contributed by atoms with Crippen LogP contribution < -0.4 is 14.5 Å². The largest absolute Gasteiger partial charge is 0.497 e. The van der Waals surface area contributed by atoms with E-state index in [-0.39, 0.29) is 10.6 Å². The van der Waals surface area contributed by atoms with Gasteiger partial charge in [0.05, 0.1) is 16.9 Å². The van der Waals surface area contributed by atoms with Crippen LogP contribution in [0.3, 0.4) is 0 Å². The minimum absolute atomic E-state index is 0.0123. The molecule has 0 unspecified atom stereocenters. The van der Waals surface area contributed by atoms with E-state index in [1.807, 2.05) is 29.2 Å². The van der Waals surface area contributed by atoms with E-state index in [4.69, 9.17) is 4.74 Å². The van der Waals surface area contributed by atoms with Crippen molar-refractivity contribution < 1.29 is 18.1 Å². The van der Waals surface area contributed by atoms with Gasteiger partial charge in [0.15, 0.2) is 0 Å². The Balaban J connectivity index is 1.52. The average molecular weight is 447 g/mol. The zero-order valence-electron chi connectivity index (χ0n) is 17.4. The lowest BCUT2D eigenvalue weighted by molar-refractivity contribution is -0.384. The van der Waals surface area contributed by atoms with Crippen molar-refractivity contribution in [1.29, 1.82) is 0 Å². The number of sulfonamides is 1. The van der Waals surface area contributed by atoms with Gasteiger partial charge in [-0.05, 0) is 49.2 Å². The second-order valence-electron chi connectivity index (χ2n) is 7.69. The van der Waals surface area contributed by atoms with Crippen LogP contribution in [0.2, 0.25) is 0 Å². The van der Waals surface area contributed by atoms with Crippen molar-refractivity contribution in [2.75, 3.05) is 56.2 Å². The molecular formula is C21H26N4O5S. The third-order valence-corrected chi connectivity index (χ3v) is 7.80. The van der Waals surface area contributed by atoms with Crippen LogP contribution in [-0.4, -0.2) is 64.0 Å². The topological polar surface area (TPSA) is 96.2 Å². The molecule has 10 heteroatoms. The highest BCUT2D eigenvalue weighted by molar-refractivity contribution is 7.89. The Kier molecular flexibility index (Phi) is 6.01. The predicted molar refractivity (Wildman–Crippen MR) is 119 cm³/mol. The molecule has 2 aliphatic rings. The monoisotopic (exact) mass is 446 g/mol. The Hall–Kier alpha value is -2.85. The summed E-state index contributed by atoms with van der Waals surface area (Å²) in [4.78, 5) is 15.4. The predicted octanol–water partition coefficient (Wildman–Crippen LogP) is 2.71. The molecule has 31 heavy (non-hydrogen) atoms. The number of ether oxygens (including phenoxy) is 1. The van der Waals surface area contributed by atoms with Crippen molar-refractivity contribution in [3.63, 3.8) is 0 Å². The maximum atomic E-state index is 12.8. The molecule has 4 rings (SSSR count). The van der Waals surface area contributed by atoms with Crippen LogP contribution in [0.4, 0.5) is 17.1 Å². The van der Waals surface area contributed by atoms with Gasteiger partial charge in [-0.25, -0.2) is 8.42 Å². The van der Waals surface area contributed by atoms with E-state index in [9.17, 15) is 18.5 Å². The summed E-state index contributed by atoms with van der Waals surface area (Å²) in [7, 11) is -2.07. The lowest BCUT2D eigenvalue weighted by Crippen LogP contribution is -2.46. The molecule has 2 aromatic carbocycles. The number of nitro benzene ring substituents is 1. The van der Waals surface area contributed by atoms with Crippen molar-refractivity contribution in [2.24, 2.45) is 0 Å². The average Bonchev–Trinajstić information content (AvgIpc) is 3.35. The molecule has 2 saturated heterocycles. The number of benzene rings is 2. The summed E-state index contributed by atoms with van der Waals surface area (Å²) in [5.74, 6) is 0.794. The first kappa shape index (κ1) is 21.4. The number of hydrogen-bond donors (Lipinski definition) is 0. The van der Waals surface area contributed by atoms with Gasteiger partial charge in [0.25, 0.3) is 5.69 Å². The van der Waals surface area contributed by atoms with E-state index in [1.165, 1.54) is 16.4 Å². The number of nitrogens with zero attached hydrogens (tertiary/aromatic N) is 4. The van der Waals surface area contributed by atoms with Crippen molar-refractivity contribution in [2.45, 2.75) is 17.7 Å². The lowest BCUT2D eigenvalue weighted by Gasteiger charge is -2.37. The maximum Gasteiger partial charge on any atom is 0.293 e. The fourth-order valence-corrected chi connectivity index (χ4v) is 5.69. The van der Waals surface area contributed by atoms with E-state index in [0.29, 0.717) is 45.0 Å². The zero-order valence-corrected chi connectivity index (χ0v) is 18.3. The van der Waals surface area contributed by atoms with E-state index in [1.54, 1.807) is 13.2 Å². The summed E-state index contributed by atoms with van der Waals surface area (Å²) in [5, 5.41) is 11.8. The summed E-state index contributed by atoms with van der Waals surface area (Å²) >= 11 is 0. The Morgan fingerprint density at radius 2 is 1.52 bits per heavy atom. The first-order valence-corrected chi connectivity index (χ1v) is 11.8. The number of rotatable bonds is 6. The maximum absolute atomic E-state index is 12.8. The first-order chi connectivity index (χ1) is 14.9. The Labute approximate surface area is 182 Å². The van der Waals surface area contributed by atoms with Crippen molar-refractivity contribution in [3.05, 3.63) is 52.6 Å². The fraction of sp³-hybridized carbons (Fsp3) is 0.429. The van der Waals surface area contributed by atoms with Crippen LogP contribution in [0.15, 0.2) is 47.4 Å². The molecule has 0 radical (unpaired) electrons. The Morgan fingerprint density at radius 3 is 2.10 bits per heavy atom. The molecule has 2 heterocycles. The van der Waals surface area contributed by atoms with Gasteiger partial charge in [0.1, 0.15) is 11.4 Å².